The molecule has 1 aromatic rings. The van der Waals surface area contributed by atoms with Crippen LogP contribution in [0.4, 0.5) is 4.79 Å². The van der Waals surface area contributed by atoms with E-state index in [1.807, 2.05) is 24.3 Å². The van der Waals surface area contributed by atoms with E-state index in [-0.39, 0.29) is 18.4 Å². The van der Waals surface area contributed by atoms with Crippen LogP contribution in [0.1, 0.15) is 30.4 Å². The lowest BCUT2D eigenvalue weighted by molar-refractivity contribution is -0.137. The van der Waals surface area contributed by atoms with Crippen molar-refractivity contribution < 1.29 is 24.5 Å². The zero-order chi connectivity index (χ0) is 16.8. The Morgan fingerprint density at radius 3 is 2.61 bits per heavy atom. The third-order valence-corrected chi connectivity index (χ3v) is 3.92. The van der Waals surface area contributed by atoms with Crippen LogP contribution in [-0.4, -0.2) is 53.0 Å². The van der Waals surface area contributed by atoms with E-state index >= 15 is 0 Å². The van der Waals surface area contributed by atoms with Gasteiger partial charge in [0.1, 0.15) is 0 Å². The number of likely N-dealkylation sites (tertiary alicyclic amines) is 1. The fraction of sp³-hybridized carbons (Fsp3) is 0.412. The highest BCUT2D eigenvalue weighted by Gasteiger charge is 2.30. The number of aliphatic hydroxyl groups excluding tert-OH is 1. The van der Waals surface area contributed by atoms with Gasteiger partial charge in [-0.1, -0.05) is 24.3 Å². The summed E-state index contributed by atoms with van der Waals surface area (Å²) in [5.74, 6) is -0.457. The maximum atomic E-state index is 11.3. The Kier molecular flexibility index (Phi) is 5.76. The lowest BCUT2D eigenvalue weighted by Gasteiger charge is -2.34. The first-order valence-electron chi connectivity index (χ1n) is 7.62. The SMILES string of the molecule is CCOC(=O)/C=C/c1ccc(C2CCN(C(=O)O)CC2O)cc1. The summed E-state index contributed by atoms with van der Waals surface area (Å²) in [5.41, 5.74) is 1.83. The van der Waals surface area contributed by atoms with E-state index in [2.05, 4.69) is 0 Å². The molecule has 2 N–H and O–H groups in total. The van der Waals surface area contributed by atoms with Crippen molar-refractivity contribution in [3.63, 3.8) is 0 Å². The van der Waals surface area contributed by atoms with Gasteiger partial charge in [0.2, 0.25) is 0 Å². The largest absolute Gasteiger partial charge is 0.465 e. The van der Waals surface area contributed by atoms with Gasteiger partial charge in [-0.25, -0.2) is 9.59 Å². The number of benzene rings is 1. The first kappa shape index (κ1) is 17.0. The number of esters is 1. The summed E-state index contributed by atoms with van der Waals surface area (Å²) in [6.07, 6.45) is 1.93. The normalized spacial score (nSPS) is 21.4. The zero-order valence-corrected chi connectivity index (χ0v) is 13.0. The van der Waals surface area contributed by atoms with Crippen LogP contribution in [0.15, 0.2) is 30.3 Å². The predicted molar refractivity (Wildman–Crippen MR) is 85.1 cm³/mol. The van der Waals surface area contributed by atoms with Crippen LogP contribution in [0.25, 0.3) is 6.08 Å². The van der Waals surface area contributed by atoms with Gasteiger partial charge in [0.05, 0.1) is 19.3 Å². The molecule has 1 aromatic carbocycles. The Morgan fingerprint density at radius 1 is 1.35 bits per heavy atom. The van der Waals surface area contributed by atoms with Gasteiger partial charge in [0, 0.05) is 18.5 Å². The first-order chi connectivity index (χ1) is 11.0. The van der Waals surface area contributed by atoms with Crippen molar-refractivity contribution in [3.8, 4) is 0 Å². The minimum atomic E-state index is -0.998. The number of hydrogen-bond donors (Lipinski definition) is 2. The molecular weight excluding hydrogens is 298 g/mol. The lowest BCUT2D eigenvalue weighted by atomic mass is 9.87. The van der Waals surface area contributed by atoms with E-state index in [9.17, 15) is 14.7 Å². The molecule has 2 unspecified atom stereocenters. The summed E-state index contributed by atoms with van der Waals surface area (Å²) in [7, 11) is 0. The van der Waals surface area contributed by atoms with E-state index < -0.39 is 12.2 Å². The minimum Gasteiger partial charge on any atom is -0.465 e. The Bertz CT molecular complexity index is 581. The van der Waals surface area contributed by atoms with Crippen molar-refractivity contribution in [2.24, 2.45) is 0 Å². The van der Waals surface area contributed by atoms with Crippen LogP contribution in [0, 0.1) is 0 Å². The van der Waals surface area contributed by atoms with Crippen molar-refractivity contribution >= 4 is 18.1 Å². The molecule has 0 saturated carbocycles. The number of carbonyl (C=O) groups excluding carboxylic acids is 1. The lowest BCUT2D eigenvalue weighted by Crippen LogP contribution is -2.45. The van der Waals surface area contributed by atoms with E-state index in [4.69, 9.17) is 9.84 Å². The molecule has 0 radical (unpaired) electrons. The van der Waals surface area contributed by atoms with Gasteiger partial charge >= 0.3 is 12.1 Å². The van der Waals surface area contributed by atoms with Crippen molar-refractivity contribution in [1.29, 1.82) is 0 Å². The number of carbonyl (C=O) groups is 2. The van der Waals surface area contributed by atoms with Crippen molar-refractivity contribution in [2.75, 3.05) is 19.7 Å². The molecule has 0 bridgehead atoms. The Balaban J connectivity index is 2.00. The topological polar surface area (TPSA) is 87.1 Å². The van der Waals surface area contributed by atoms with Gasteiger partial charge in [-0.05, 0) is 30.5 Å². The molecule has 1 aliphatic heterocycles. The Hall–Kier alpha value is -2.34. The van der Waals surface area contributed by atoms with Gasteiger partial charge < -0.3 is 19.8 Å². The van der Waals surface area contributed by atoms with Gasteiger partial charge in [-0.15, -0.1) is 0 Å². The Labute approximate surface area is 135 Å². The zero-order valence-electron chi connectivity index (χ0n) is 13.0. The molecule has 2 rings (SSSR count). The number of carboxylic acid groups (broad SMARTS) is 1. The summed E-state index contributed by atoms with van der Waals surface area (Å²) in [5, 5.41) is 19.1. The molecule has 1 saturated heterocycles. The Morgan fingerprint density at radius 2 is 2.04 bits per heavy atom. The van der Waals surface area contributed by atoms with Crippen LogP contribution in [0.3, 0.4) is 0 Å². The van der Waals surface area contributed by atoms with E-state index in [0.717, 1.165) is 11.1 Å². The van der Waals surface area contributed by atoms with E-state index in [1.165, 1.54) is 11.0 Å². The van der Waals surface area contributed by atoms with Crippen LogP contribution >= 0.6 is 0 Å². The fourth-order valence-corrected chi connectivity index (χ4v) is 2.70. The van der Waals surface area contributed by atoms with Crippen LogP contribution in [0.5, 0.6) is 0 Å². The summed E-state index contributed by atoms with van der Waals surface area (Å²) in [4.78, 5) is 23.4. The molecule has 0 spiro atoms. The second-order valence-electron chi connectivity index (χ2n) is 5.44. The summed E-state index contributed by atoms with van der Waals surface area (Å²) >= 11 is 0. The fourth-order valence-electron chi connectivity index (χ4n) is 2.70. The third-order valence-electron chi connectivity index (χ3n) is 3.92. The molecule has 1 amide bonds. The van der Waals surface area contributed by atoms with E-state index in [0.29, 0.717) is 19.6 Å². The van der Waals surface area contributed by atoms with Gasteiger partial charge in [-0.3, -0.25) is 0 Å². The number of ether oxygens (including phenoxy) is 1. The monoisotopic (exact) mass is 319 g/mol. The highest BCUT2D eigenvalue weighted by Crippen LogP contribution is 2.28. The maximum Gasteiger partial charge on any atom is 0.407 e. The number of β-amino-alcohol motifs (C(OH)–C–C–N with tert-alkyl or cyclic N) is 1. The first-order valence-corrected chi connectivity index (χ1v) is 7.62. The van der Waals surface area contributed by atoms with Crippen molar-refractivity contribution in [2.45, 2.75) is 25.4 Å². The van der Waals surface area contributed by atoms with E-state index in [1.54, 1.807) is 13.0 Å². The molecule has 1 fully saturated rings. The van der Waals surface area contributed by atoms with Crippen LogP contribution < -0.4 is 0 Å². The molecular formula is C17H21NO5. The number of aliphatic hydroxyl groups is 1. The second kappa shape index (κ2) is 7.78. The van der Waals surface area contributed by atoms with Crippen LogP contribution in [0.2, 0.25) is 0 Å². The minimum absolute atomic E-state index is 0.0753. The molecule has 0 aromatic heterocycles. The number of hydrogen-bond acceptors (Lipinski definition) is 4. The van der Waals surface area contributed by atoms with Gasteiger partial charge in [0.15, 0.2) is 0 Å². The van der Waals surface area contributed by atoms with Crippen molar-refractivity contribution in [3.05, 3.63) is 41.5 Å². The smallest absolute Gasteiger partial charge is 0.407 e. The molecule has 2 atom stereocenters. The number of nitrogens with zero attached hydrogens (tertiary/aromatic N) is 1. The summed E-state index contributed by atoms with van der Waals surface area (Å²) in [6, 6.07) is 7.52. The van der Waals surface area contributed by atoms with Crippen LogP contribution in [-0.2, 0) is 9.53 Å². The average molecular weight is 319 g/mol. The number of amides is 1. The second-order valence-corrected chi connectivity index (χ2v) is 5.44. The molecule has 23 heavy (non-hydrogen) atoms. The molecule has 0 aliphatic carbocycles. The molecule has 1 aliphatic rings. The number of piperidine rings is 1. The standard InChI is InChI=1S/C17H21NO5/c1-2-23-16(20)8-5-12-3-6-13(7-4-12)14-9-10-18(17(21)22)11-15(14)19/h3-8,14-15,19H,2,9-11H2,1H3,(H,21,22)/b8-5+. The third kappa shape index (κ3) is 4.56. The quantitative estimate of drug-likeness (QED) is 0.655. The highest BCUT2D eigenvalue weighted by molar-refractivity contribution is 5.87. The maximum absolute atomic E-state index is 11.3. The summed E-state index contributed by atoms with van der Waals surface area (Å²) < 4.78 is 4.81. The molecule has 6 nitrogen and oxygen atoms in total. The molecule has 124 valence electrons. The molecule has 1 heterocycles. The number of rotatable bonds is 4. The van der Waals surface area contributed by atoms with Crippen molar-refractivity contribution in [1.82, 2.24) is 4.90 Å². The highest BCUT2D eigenvalue weighted by atomic mass is 16.5. The average Bonchev–Trinajstić information content (AvgIpc) is 2.53. The predicted octanol–water partition coefficient (Wildman–Crippen LogP) is 2.09. The van der Waals surface area contributed by atoms with Gasteiger partial charge in [-0.2, -0.15) is 0 Å². The van der Waals surface area contributed by atoms with Gasteiger partial charge in [0.25, 0.3) is 0 Å². The summed E-state index contributed by atoms with van der Waals surface area (Å²) in [6.45, 7) is 2.64. The molecule has 6 heteroatoms.